The van der Waals surface area contributed by atoms with Crippen molar-refractivity contribution in [2.24, 2.45) is 5.41 Å². The standard InChI is InChI=1S/C13H22N2O2/c1-14(2)15-11(16)10-13(12(15)17)8-6-4-3-5-7-9-13/h3-10H2,1-2H3. The van der Waals surface area contributed by atoms with Crippen LogP contribution in [0.1, 0.15) is 51.4 Å². The Morgan fingerprint density at radius 2 is 1.53 bits per heavy atom. The van der Waals surface area contributed by atoms with Gasteiger partial charge in [0.25, 0.3) is 5.91 Å². The van der Waals surface area contributed by atoms with E-state index in [2.05, 4.69) is 0 Å². The summed E-state index contributed by atoms with van der Waals surface area (Å²) in [4.78, 5) is 24.4. The number of hydrogen-bond acceptors (Lipinski definition) is 3. The smallest absolute Gasteiger partial charge is 0.250 e. The van der Waals surface area contributed by atoms with Crippen LogP contribution in [0.3, 0.4) is 0 Å². The second kappa shape index (κ2) is 4.77. The molecule has 0 bridgehead atoms. The molecule has 0 aromatic carbocycles. The zero-order valence-corrected chi connectivity index (χ0v) is 10.9. The first-order valence-electron chi connectivity index (χ1n) is 6.61. The second-order valence-electron chi connectivity index (χ2n) is 5.58. The molecule has 96 valence electrons. The first-order valence-corrected chi connectivity index (χ1v) is 6.61. The average Bonchev–Trinajstić information content (AvgIpc) is 2.45. The van der Waals surface area contributed by atoms with Gasteiger partial charge in [0.15, 0.2) is 0 Å². The van der Waals surface area contributed by atoms with Crippen LogP contribution >= 0.6 is 0 Å². The van der Waals surface area contributed by atoms with Crippen molar-refractivity contribution in [2.75, 3.05) is 14.1 Å². The van der Waals surface area contributed by atoms with Crippen LogP contribution in [0.25, 0.3) is 0 Å². The van der Waals surface area contributed by atoms with E-state index in [1.54, 1.807) is 19.1 Å². The third-order valence-electron chi connectivity index (χ3n) is 4.08. The molecule has 1 aliphatic heterocycles. The van der Waals surface area contributed by atoms with Crippen molar-refractivity contribution < 1.29 is 9.59 Å². The first kappa shape index (κ1) is 12.6. The van der Waals surface area contributed by atoms with E-state index in [0.29, 0.717) is 6.42 Å². The molecule has 4 heteroatoms. The Labute approximate surface area is 103 Å². The third kappa shape index (κ3) is 2.23. The summed E-state index contributed by atoms with van der Waals surface area (Å²) < 4.78 is 0. The molecule has 17 heavy (non-hydrogen) atoms. The van der Waals surface area contributed by atoms with Gasteiger partial charge in [0.2, 0.25) is 5.91 Å². The molecule has 1 saturated carbocycles. The predicted octanol–water partition coefficient (Wildman–Crippen LogP) is 1.95. The van der Waals surface area contributed by atoms with E-state index in [9.17, 15) is 9.59 Å². The molecule has 2 rings (SSSR count). The highest BCUT2D eigenvalue weighted by molar-refractivity contribution is 6.05. The van der Waals surface area contributed by atoms with Gasteiger partial charge in [-0.1, -0.05) is 32.1 Å². The summed E-state index contributed by atoms with van der Waals surface area (Å²) in [5.74, 6) is 0.00923. The monoisotopic (exact) mass is 238 g/mol. The molecule has 1 aliphatic carbocycles. The fourth-order valence-electron chi connectivity index (χ4n) is 3.16. The van der Waals surface area contributed by atoms with Gasteiger partial charge in [0.05, 0.1) is 5.41 Å². The molecule has 0 atom stereocenters. The SMILES string of the molecule is CN(C)N1C(=O)CC2(CCCCCCC2)C1=O. The Kier molecular flexibility index (Phi) is 3.52. The van der Waals surface area contributed by atoms with Crippen molar-refractivity contribution in [1.82, 2.24) is 10.0 Å². The quantitative estimate of drug-likeness (QED) is 0.656. The van der Waals surface area contributed by atoms with Crippen molar-refractivity contribution in [3.63, 3.8) is 0 Å². The third-order valence-corrected chi connectivity index (χ3v) is 4.08. The normalized spacial score (nSPS) is 25.5. The van der Waals surface area contributed by atoms with E-state index in [-0.39, 0.29) is 17.2 Å². The Bertz CT molecular complexity index is 317. The number of amides is 2. The van der Waals surface area contributed by atoms with Gasteiger partial charge < -0.3 is 0 Å². The summed E-state index contributed by atoms with van der Waals surface area (Å²) in [6, 6.07) is 0. The van der Waals surface area contributed by atoms with Crippen molar-refractivity contribution >= 4 is 11.8 Å². The zero-order chi connectivity index (χ0) is 12.5. The van der Waals surface area contributed by atoms with Crippen LogP contribution in [0.15, 0.2) is 0 Å². The zero-order valence-electron chi connectivity index (χ0n) is 10.9. The molecule has 1 saturated heterocycles. The van der Waals surface area contributed by atoms with Gasteiger partial charge in [0.1, 0.15) is 0 Å². The number of carbonyl (C=O) groups excluding carboxylic acids is 2. The number of carbonyl (C=O) groups is 2. The fraction of sp³-hybridized carbons (Fsp3) is 0.846. The molecule has 2 amide bonds. The van der Waals surface area contributed by atoms with Crippen molar-refractivity contribution in [1.29, 1.82) is 0 Å². The van der Waals surface area contributed by atoms with E-state index in [4.69, 9.17) is 0 Å². The van der Waals surface area contributed by atoms with Gasteiger partial charge in [0, 0.05) is 20.5 Å². The van der Waals surface area contributed by atoms with Gasteiger partial charge in [-0.3, -0.25) is 9.59 Å². The number of hydrazine groups is 1. The average molecular weight is 238 g/mol. The molecule has 0 N–H and O–H groups in total. The lowest BCUT2D eigenvalue weighted by Gasteiger charge is -2.30. The van der Waals surface area contributed by atoms with Gasteiger partial charge in [-0.05, 0) is 12.8 Å². The minimum atomic E-state index is -0.373. The Morgan fingerprint density at radius 3 is 2.00 bits per heavy atom. The van der Waals surface area contributed by atoms with Crippen molar-refractivity contribution in [3.05, 3.63) is 0 Å². The lowest BCUT2D eigenvalue weighted by molar-refractivity contribution is -0.156. The molecular weight excluding hydrogens is 216 g/mol. The topological polar surface area (TPSA) is 40.6 Å². The minimum absolute atomic E-state index is 0.0272. The van der Waals surface area contributed by atoms with E-state index in [1.807, 2.05) is 0 Å². The summed E-state index contributed by atoms with van der Waals surface area (Å²) >= 11 is 0. The highest BCUT2D eigenvalue weighted by atomic mass is 16.2. The molecule has 0 radical (unpaired) electrons. The molecule has 2 aliphatic rings. The summed E-state index contributed by atoms with van der Waals surface area (Å²) in [7, 11) is 3.52. The van der Waals surface area contributed by atoms with Gasteiger partial charge in [-0.25, -0.2) is 10.0 Å². The lowest BCUT2D eigenvalue weighted by atomic mass is 9.75. The molecule has 0 aromatic rings. The van der Waals surface area contributed by atoms with E-state index in [0.717, 1.165) is 25.7 Å². The van der Waals surface area contributed by atoms with Crippen LogP contribution in [0.5, 0.6) is 0 Å². The number of rotatable bonds is 1. The van der Waals surface area contributed by atoms with E-state index in [1.165, 1.54) is 24.3 Å². The van der Waals surface area contributed by atoms with Crippen molar-refractivity contribution in [2.45, 2.75) is 51.4 Å². The van der Waals surface area contributed by atoms with Gasteiger partial charge >= 0.3 is 0 Å². The maximum Gasteiger partial charge on any atom is 0.250 e. The summed E-state index contributed by atoms with van der Waals surface area (Å²) in [6.45, 7) is 0. The van der Waals surface area contributed by atoms with Crippen LogP contribution < -0.4 is 0 Å². The summed E-state index contributed by atoms with van der Waals surface area (Å²) in [6.07, 6.45) is 8.04. The Morgan fingerprint density at radius 1 is 1.00 bits per heavy atom. The van der Waals surface area contributed by atoms with Crippen LogP contribution in [-0.2, 0) is 9.59 Å². The first-order chi connectivity index (χ1) is 8.07. The van der Waals surface area contributed by atoms with Gasteiger partial charge in [-0.15, -0.1) is 0 Å². The second-order valence-corrected chi connectivity index (χ2v) is 5.58. The molecule has 1 spiro atoms. The number of nitrogens with zero attached hydrogens (tertiary/aromatic N) is 2. The van der Waals surface area contributed by atoms with Crippen LogP contribution in [0.2, 0.25) is 0 Å². The fourth-order valence-corrected chi connectivity index (χ4v) is 3.16. The highest BCUT2D eigenvalue weighted by Gasteiger charge is 2.51. The molecular formula is C13H22N2O2. The molecule has 0 aromatic heterocycles. The van der Waals surface area contributed by atoms with Crippen LogP contribution in [-0.4, -0.2) is 35.9 Å². The maximum atomic E-state index is 12.5. The summed E-state index contributed by atoms with van der Waals surface area (Å²) in [5.41, 5.74) is -0.373. The number of imide groups is 1. The maximum absolute atomic E-state index is 12.5. The molecule has 1 heterocycles. The van der Waals surface area contributed by atoms with E-state index >= 15 is 0 Å². The van der Waals surface area contributed by atoms with Crippen LogP contribution in [0.4, 0.5) is 0 Å². The van der Waals surface area contributed by atoms with Crippen molar-refractivity contribution in [3.8, 4) is 0 Å². The summed E-state index contributed by atoms with van der Waals surface area (Å²) in [5, 5.41) is 2.96. The molecule has 4 nitrogen and oxygen atoms in total. The van der Waals surface area contributed by atoms with E-state index < -0.39 is 0 Å². The Balaban J connectivity index is 2.19. The minimum Gasteiger partial charge on any atom is -0.273 e. The van der Waals surface area contributed by atoms with Crippen LogP contribution in [0, 0.1) is 5.41 Å². The molecule has 0 unspecified atom stereocenters. The number of hydrogen-bond donors (Lipinski definition) is 0. The molecule has 2 fully saturated rings. The van der Waals surface area contributed by atoms with Gasteiger partial charge in [-0.2, -0.15) is 0 Å². The lowest BCUT2D eigenvalue weighted by Crippen LogP contribution is -2.44. The highest BCUT2D eigenvalue weighted by Crippen LogP contribution is 2.43. The largest absolute Gasteiger partial charge is 0.273 e. The Hall–Kier alpha value is -0.900. The predicted molar refractivity (Wildman–Crippen MR) is 64.9 cm³/mol.